The van der Waals surface area contributed by atoms with E-state index in [4.69, 9.17) is 4.74 Å². The van der Waals surface area contributed by atoms with Gasteiger partial charge in [-0.1, -0.05) is 82.6 Å². The van der Waals surface area contributed by atoms with Crippen LogP contribution in [0, 0.1) is 5.92 Å². The molecule has 0 bridgehead atoms. The summed E-state index contributed by atoms with van der Waals surface area (Å²) in [6.07, 6.45) is 2.51. The smallest absolute Gasteiger partial charge is 0.314 e. The zero-order valence-electron chi connectivity index (χ0n) is 17.3. The SMILES string of the molecule is CCc1cccc(CC)c1NC(=O)COC(=O)[C@H](c1ccccc1)[C@H](C)CC. The van der Waals surface area contributed by atoms with Gasteiger partial charge < -0.3 is 10.1 Å². The fraction of sp³-hybridized carbons (Fsp3) is 0.417. The predicted octanol–water partition coefficient (Wildman–Crippen LogP) is 5.12. The van der Waals surface area contributed by atoms with Gasteiger partial charge in [-0.25, -0.2) is 0 Å². The fourth-order valence-electron chi connectivity index (χ4n) is 3.40. The Morgan fingerprint density at radius 3 is 2.07 bits per heavy atom. The maximum absolute atomic E-state index is 12.7. The van der Waals surface area contributed by atoms with Crippen molar-refractivity contribution in [3.05, 3.63) is 65.2 Å². The minimum absolute atomic E-state index is 0.130. The molecular formula is C24H31NO3. The zero-order valence-corrected chi connectivity index (χ0v) is 17.3. The molecule has 28 heavy (non-hydrogen) atoms. The molecule has 0 spiro atoms. The van der Waals surface area contributed by atoms with E-state index >= 15 is 0 Å². The number of hydrogen-bond acceptors (Lipinski definition) is 3. The number of hydrogen-bond donors (Lipinski definition) is 1. The van der Waals surface area contributed by atoms with Crippen molar-refractivity contribution in [3.63, 3.8) is 0 Å². The van der Waals surface area contributed by atoms with Crippen molar-refractivity contribution in [1.29, 1.82) is 0 Å². The molecule has 0 radical (unpaired) electrons. The van der Waals surface area contributed by atoms with Crippen molar-refractivity contribution < 1.29 is 14.3 Å². The summed E-state index contributed by atoms with van der Waals surface area (Å²) in [6.45, 7) is 7.92. The maximum atomic E-state index is 12.7. The number of benzene rings is 2. The van der Waals surface area contributed by atoms with Crippen molar-refractivity contribution in [2.45, 2.75) is 52.9 Å². The van der Waals surface area contributed by atoms with Crippen LogP contribution in [0.1, 0.15) is 56.7 Å². The van der Waals surface area contributed by atoms with Gasteiger partial charge in [-0.15, -0.1) is 0 Å². The van der Waals surface area contributed by atoms with Gasteiger partial charge in [0.25, 0.3) is 5.91 Å². The lowest BCUT2D eigenvalue weighted by atomic mass is 9.86. The summed E-state index contributed by atoms with van der Waals surface area (Å²) in [5, 5.41) is 2.94. The van der Waals surface area contributed by atoms with Crippen LogP contribution in [-0.2, 0) is 27.2 Å². The second-order valence-electron chi connectivity index (χ2n) is 7.09. The Labute approximate surface area is 168 Å². The van der Waals surface area contributed by atoms with E-state index in [9.17, 15) is 9.59 Å². The first-order valence-corrected chi connectivity index (χ1v) is 10.1. The van der Waals surface area contributed by atoms with E-state index < -0.39 is 0 Å². The minimum Gasteiger partial charge on any atom is -0.455 e. The molecule has 0 aliphatic rings. The van der Waals surface area contributed by atoms with Crippen LogP contribution in [0.5, 0.6) is 0 Å². The van der Waals surface area contributed by atoms with E-state index in [1.165, 1.54) is 0 Å². The molecule has 4 heteroatoms. The molecule has 0 saturated heterocycles. The van der Waals surface area contributed by atoms with Gasteiger partial charge in [-0.3, -0.25) is 9.59 Å². The summed E-state index contributed by atoms with van der Waals surface area (Å²) in [6, 6.07) is 15.6. The second-order valence-corrected chi connectivity index (χ2v) is 7.09. The monoisotopic (exact) mass is 381 g/mol. The average Bonchev–Trinajstić information content (AvgIpc) is 2.73. The van der Waals surface area contributed by atoms with Crippen LogP contribution in [-0.4, -0.2) is 18.5 Å². The molecule has 0 fully saturated rings. The van der Waals surface area contributed by atoms with E-state index in [-0.39, 0.29) is 30.3 Å². The number of ether oxygens (including phenoxy) is 1. The van der Waals surface area contributed by atoms with Crippen molar-refractivity contribution in [3.8, 4) is 0 Å². The Balaban J connectivity index is 2.06. The number of carbonyl (C=O) groups is 2. The molecule has 0 unspecified atom stereocenters. The summed E-state index contributed by atoms with van der Waals surface area (Å²) < 4.78 is 5.41. The number of rotatable bonds is 9. The summed E-state index contributed by atoms with van der Waals surface area (Å²) in [7, 11) is 0. The van der Waals surface area contributed by atoms with Gasteiger partial charge in [0, 0.05) is 5.69 Å². The van der Waals surface area contributed by atoms with Gasteiger partial charge >= 0.3 is 5.97 Å². The second kappa shape index (κ2) is 10.6. The lowest BCUT2D eigenvalue weighted by Gasteiger charge is -2.22. The molecule has 2 aromatic carbocycles. The molecule has 2 rings (SSSR count). The number of anilines is 1. The Kier molecular flexibility index (Phi) is 8.24. The van der Waals surface area contributed by atoms with Crippen LogP contribution in [0.15, 0.2) is 48.5 Å². The highest BCUT2D eigenvalue weighted by Gasteiger charge is 2.27. The Morgan fingerprint density at radius 1 is 0.929 bits per heavy atom. The van der Waals surface area contributed by atoms with Gasteiger partial charge in [0.1, 0.15) is 0 Å². The number of para-hydroxylation sites is 1. The lowest BCUT2D eigenvalue weighted by molar-refractivity contribution is -0.150. The Hall–Kier alpha value is -2.62. The van der Waals surface area contributed by atoms with Gasteiger partial charge in [-0.2, -0.15) is 0 Å². The van der Waals surface area contributed by atoms with Crippen LogP contribution in [0.4, 0.5) is 5.69 Å². The van der Waals surface area contributed by atoms with Crippen LogP contribution < -0.4 is 5.32 Å². The maximum Gasteiger partial charge on any atom is 0.314 e. The number of aryl methyl sites for hydroxylation is 2. The van der Waals surface area contributed by atoms with E-state index in [0.717, 1.165) is 41.6 Å². The molecule has 2 aromatic rings. The molecule has 0 saturated carbocycles. The summed E-state index contributed by atoms with van der Waals surface area (Å²) in [4.78, 5) is 25.2. The highest BCUT2D eigenvalue weighted by Crippen LogP contribution is 2.28. The molecule has 1 N–H and O–H groups in total. The predicted molar refractivity (Wildman–Crippen MR) is 113 cm³/mol. The van der Waals surface area contributed by atoms with E-state index in [2.05, 4.69) is 26.1 Å². The summed E-state index contributed by atoms with van der Waals surface area (Å²) in [5.41, 5.74) is 3.93. The van der Waals surface area contributed by atoms with Crippen LogP contribution in [0.2, 0.25) is 0 Å². The Bertz CT molecular complexity index is 763. The first-order valence-electron chi connectivity index (χ1n) is 10.1. The molecular weight excluding hydrogens is 350 g/mol. The molecule has 4 nitrogen and oxygen atoms in total. The molecule has 0 heterocycles. The van der Waals surface area contributed by atoms with Crippen molar-refractivity contribution in [1.82, 2.24) is 0 Å². The third kappa shape index (κ3) is 5.44. The molecule has 150 valence electrons. The van der Waals surface area contributed by atoms with E-state index in [1.54, 1.807) is 0 Å². The van der Waals surface area contributed by atoms with E-state index in [1.807, 2.05) is 55.5 Å². The number of carbonyl (C=O) groups excluding carboxylic acids is 2. The molecule has 1 amide bonds. The third-order valence-electron chi connectivity index (χ3n) is 5.23. The van der Waals surface area contributed by atoms with E-state index in [0.29, 0.717) is 0 Å². The first-order chi connectivity index (χ1) is 13.5. The van der Waals surface area contributed by atoms with Crippen molar-refractivity contribution >= 4 is 17.6 Å². The van der Waals surface area contributed by atoms with Gasteiger partial charge in [0.15, 0.2) is 6.61 Å². The van der Waals surface area contributed by atoms with Crippen molar-refractivity contribution in [2.24, 2.45) is 5.92 Å². The van der Waals surface area contributed by atoms with Gasteiger partial charge in [0.05, 0.1) is 5.92 Å². The summed E-state index contributed by atoms with van der Waals surface area (Å²) >= 11 is 0. The lowest BCUT2D eigenvalue weighted by Crippen LogP contribution is -2.27. The minimum atomic E-state index is -0.367. The quantitative estimate of drug-likeness (QED) is 0.613. The number of esters is 1. The first kappa shape index (κ1) is 21.7. The molecule has 0 aromatic heterocycles. The standard InChI is InChI=1S/C24H31NO3/c1-5-17(4)22(20-12-9-8-10-13-20)24(27)28-16-21(26)25-23-18(6-2)14-11-15-19(23)7-3/h8-15,17,22H,5-7,16H2,1-4H3,(H,25,26)/t17-,22+/m1/s1. The van der Waals surface area contributed by atoms with Crippen LogP contribution in [0.25, 0.3) is 0 Å². The normalized spacial score (nSPS) is 12.9. The largest absolute Gasteiger partial charge is 0.455 e. The average molecular weight is 382 g/mol. The van der Waals surface area contributed by atoms with Crippen LogP contribution in [0.3, 0.4) is 0 Å². The zero-order chi connectivity index (χ0) is 20.5. The van der Waals surface area contributed by atoms with Gasteiger partial charge in [-0.05, 0) is 35.4 Å². The molecule has 0 aliphatic carbocycles. The molecule has 0 aliphatic heterocycles. The number of nitrogens with one attached hydrogen (secondary N) is 1. The number of amides is 1. The third-order valence-corrected chi connectivity index (χ3v) is 5.23. The molecule has 2 atom stereocenters. The Morgan fingerprint density at radius 2 is 1.54 bits per heavy atom. The van der Waals surface area contributed by atoms with Crippen molar-refractivity contribution in [2.75, 3.05) is 11.9 Å². The topological polar surface area (TPSA) is 55.4 Å². The summed E-state index contributed by atoms with van der Waals surface area (Å²) in [5.74, 6) is -0.895. The highest BCUT2D eigenvalue weighted by molar-refractivity contribution is 5.94. The fourth-order valence-corrected chi connectivity index (χ4v) is 3.40. The highest BCUT2D eigenvalue weighted by atomic mass is 16.5. The van der Waals surface area contributed by atoms with Gasteiger partial charge in [0.2, 0.25) is 0 Å². The van der Waals surface area contributed by atoms with Crippen LogP contribution >= 0.6 is 0 Å².